The molecule has 0 saturated heterocycles. The van der Waals surface area contributed by atoms with E-state index >= 15 is 0 Å². The quantitative estimate of drug-likeness (QED) is 0.168. The van der Waals surface area contributed by atoms with Gasteiger partial charge in [0.05, 0.1) is 0 Å². The van der Waals surface area contributed by atoms with Gasteiger partial charge < -0.3 is 4.42 Å². The van der Waals surface area contributed by atoms with Crippen LogP contribution >= 0.6 is 0 Å². The lowest BCUT2D eigenvalue weighted by Crippen LogP contribution is -2.01. The molecule has 9 aromatic carbocycles. The van der Waals surface area contributed by atoms with Gasteiger partial charge in [-0.05, 0) is 78.8 Å². The molecule has 11 rings (SSSR count). The van der Waals surface area contributed by atoms with E-state index in [1.807, 2.05) is 36.4 Å². The molecule has 2 aromatic heterocycles. The lowest BCUT2D eigenvalue weighted by atomic mass is 9.92. The third-order valence-electron chi connectivity index (χ3n) is 10.7. The number of nitrogens with zero attached hydrogens (tertiary/aromatic N) is 3. The molecule has 0 aliphatic rings. The lowest BCUT2D eigenvalue weighted by molar-refractivity contribution is 0.669. The number of aromatic nitrogens is 3. The Bertz CT molecular complexity index is 3270. The van der Waals surface area contributed by atoms with Gasteiger partial charge >= 0.3 is 0 Å². The Hall–Kier alpha value is -7.43. The second kappa shape index (κ2) is 12.6. The van der Waals surface area contributed by atoms with Crippen molar-refractivity contribution in [2.45, 2.75) is 0 Å². The molecular formula is C51H31N3O. The average Bonchev–Trinajstić information content (AvgIpc) is 3.65. The summed E-state index contributed by atoms with van der Waals surface area (Å²) in [7, 11) is 0. The van der Waals surface area contributed by atoms with E-state index in [0.717, 1.165) is 60.9 Å². The van der Waals surface area contributed by atoms with E-state index < -0.39 is 0 Å². The Morgan fingerprint density at radius 1 is 0.291 bits per heavy atom. The Labute approximate surface area is 317 Å². The van der Waals surface area contributed by atoms with Crippen LogP contribution < -0.4 is 0 Å². The van der Waals surface area contributed by atoms with Crippen LogP contribution in [0.4, 0.5) is 0 Å². The molecule has 0 radical (unpaired) electrons. The normalized spacial score (nSPS) is 11.6. The molecule has 0 bridgehead atoms. The minimum absolute atomic E-state index is 0.591. The lowest BCUT2D eigenvalue weighted by Gasteiger charge is -2.14. The summed E-state index contributed by atoms with van der Waals surface area (Å²) < 4.78 is 6.31. The van der Waals surface area contributed by atoms with Crippen molar-refractivity contribution >= 4 is 54.3 Å². The van der Waals surface area contributed by atoms with Crippen LogP contribution in [0.3, 0.4) is 0 Å². The summed E-state index contributed by atoms with van der Waals surface area (Å²) in [5, 5.41) is 9.40. The topological polar surface area (TPSA) is 51.8 Å². The second-order valence-corrected chi connectivity index (χ2v) is 14.0. The second-order valence-electron chi connectivity index (χ2n) is 14.0. The molecule has 0 aliphatic heterocycles. The van der Waals surface area contributed by atoms with Gasteiger partial charge in [-0.3, -0.25) is 0 Å². The van der Waals surface area contributed by atoms with Gasteiger partial charge in [-0.2, -0.15) is 0 Å². The molecule has 2 heterocycles. The largest absolute Gasteiger partial charge is 0.456 e. The third kappa shape index (κ3) is 5.26. The fourth-order valence-electron chi connectivity index (χ4n) is 8.10. The summed E-state index contributed by atoms with van der Waals surface area (Å²) in [6, 6.07) is 65.8. The fraction of sp³-hybridized carbons (Fsp3) is 0. The maximum Gasteiger partial charge on any atom is 0.164 e. The number of fused-ring (bicyclic) bond motifs is 8. The van der Waals surface area contributed by atoms with Crippen LogP contribution in [0.25, 0.3) is 111 Å². The number of benzene rings is 9. The molecule has 0 saturated carbocycles. The van der Waals surface area contributed by atoms with Crippen molar-refractivity contribution in [1.29, 1.82) is 0 Å². The van der Waals surface area contributed by atoms with Gasteiger partial charge in [0.2, 0.25) is 0 Å². The van der Waals surface area contributed by atoms with E-state index in [2.05, 4.69) is 152 Å². The van der Waals surface area contributed by atoms with Crippen LogP contribution in [0.5, 0.6) is 0 Å². The summed E-state index contributed by atoms with van der Waals surface area (Å²) in [5.41, 5.74) is 8.75. The summed E-state index contributed by atoms with van der Waals surface area (Å²) in [4.78, 5) is 15.8. The highest BCUT2D eigenvalue weighted by molar-refractivity contribution is 6.21. The Balaban J connectivity index is 1.15. The molecule has 0 atom stereocenters. The van der Waals surface area contributed by atoms with Gasteiger partial charge in [-0.15, -0.1) is 0 Å². The fourth-order valence-corrected chi connectivity index (χ4v) is 8.10. The van der Waals surface area contributed by atoms with E-state index in [1.54, 1.807) is 0 Å². The standard InChI is InChI=1S/C51H31N3O/c1-2-12-32(13-3-1)36-15-10-16-38(30-36)49-52-50(54-51(53-49)43-21-11-23-46-48(43)42-20-8-9-22-45(42)55-46)41-19-7-6-17-39(41)37-29-26-34-25-28-35-27-24-33-14-4-5-18-40(33)47(35)44(34)31-37/h1-31H. The molecular weight excluding hydrogens is 671 g/mol. The Morgan fingerprint density at radius 3 is 1.75 bits per heavy atom. The van der Waals surface area contributed by atoms with Crippen LogP contribution in [-0.2, 0) is 0 Å². The first-order chi connectivity index (χ1) is 27.2. The number of hydrogen-bond acceptors (Lipinski definition) is 4. The molecule has 0 unspecified atom stereocenters. The Morgan fingerprint density at radius 2 is 0.873 bits per heavy atom. The molecule has 4 heteroatoms. The van der Waals surface area contributed by atoms with Gasteiger partial charge in [-0.25, -0.2) is 15.0 Å². The minimum Gasteiger partial charge on any atom is -0.456 e. The zero-order valence-electron chi connectivity index (χ0n) is 29.6. The van der Waals surface area contributed by atoms with Crippen molar-refractivity contribution < 1.29 is 4.42 Å². The summed E-state index contributed by atoms with van der Waals surface area (Å²) in [5.74, 6) is 1.80. The van der Waals surface area contributed by atoms with Crippen molar-refractivity contribution in [1.82, 2.24) is 15.0 Å². The zero-order valence-corrected chi connectivity index (χ0v) is 29.6. The van der Waals surface area contributed by atoms with Crippen molar-refractivity contribution in [3.05, 3.63) is 188 Å². The highest BCUT2D eigenvalue weighted by atomic mass is 16.3. The van der Waals surface area contributed by atoms with Gasteiger partial charge in [0.1, 0.15) is 11.2 Å². The van der Waals surface area contributed by atoms with E-state index in [1.165, 1.54) is 32.3 Å². The predicted octanol–water partition coefficient (Wildman–Crippen LogP) is 13.6. The first-order valence-electron chi connectivity index (χ1n) is 18.5. The molecule has 4 nitrogen and oxygen atoms in total. The summed E-state index contributed by atoms with van der Waals surface area (Å²) >= 11 is 0. The molecule has 0 fully saturated rings. The van der Waals surface area contributed by atoms with Crippen molar-refractivity contribution in [3.63, 3.8) is 0 Å². The summed E-state index contributed by atoms with van der Waals surface area (Å²) in [6.07, 6.45) is 0. The Kier molecular flexibility index (Phi) is 7.14. The molecule has 0 N–H and O–H groups in total. The zero-order chi connectivity index (χ0) is 36.3. The molecule has 0 amide bonds. The van der Waals surface area contributed by atoms with Gasteiger partial charge in [0.15, 0.2) is 17.5 Å². The summed E-state index contributed by atoms with van der Waals surface area (Å²) in [6.45, 7) is 0. The predicted molar refractivity (Wildman–Crippen MR) is 227 cm³/mol. The highest BCUT2D eigenvalue weighted by Gasteiger charge is 2.20. The van der Waals surface area contributed by atoms with E-state index in [9.17, 15) is 0 Å². The maximum atomic E-state index is 6.31. The molecule has 0 aliphatic carbocycles. The van der Waals surface area contributed by atoms with Gasteiger partial charge in [0, 0.05) is 27.5 Å². The highest BCUT2D eigenvalue weighted by Crippen LogP contribution is 2.40. The van der Waals surface area contributed by atoms with Crippen molar-refractivity contribution in [3.8, 4) is 56.4 Å². The number of hydrogen-bond donors (Lipinski definition) is 0. The van der Waals surface area contributed by atoms with Crippen LogP contribution in [-0.4, -0.2) is 15.0 Å². The van der Waals surface area contributed by atoms with Gasteiger partial charge in [0.25, 0.3) is 0 Å². The molecule has 256 valence electrons. The molecule has 0 spiro atoms. The van der Waals surface area contributed by atoms with Crippen LogP contribution in [0, 0.1) is 0 Å². The maximum absolute atomic E-state index is 6.31. The van der Waals surface area contributed by atoms with Crippen molar-refractivity contribution in [2.24, 2.45) is 0 Å². The minimum atomic E-state index is 0.591. The number of furan rings is 1. The first kappa shape index (κ1) is 31.1. The van der Waals surface area contributed by atoms with E-state index in [4.69, 9.17) is 19.4 Å². The third-order valence-corrected chi connectivity index (χ3v) is 10.7. The van der Waals surface area contributed by atoms with Crippen LogP contribution in [0.15, 0.2) is 192 Å². The van der Waals surface area contributed by atoms with Gasteiger partial charge in [-0.1, -0.05) is 164 Å². The number of rotatable bonds is 5. The SMILES string of the molecule is c1ccc(-c2cccc(-c3nc(-c4ccccc4-c4ccc5ccc6ccc7ccccc7c6c5c4)nc(-c4cccc5oc6ccccc6c45)n3)c2)cc1. The number of para-hydroxylation sites is 1. The van der Waals surface area contributed by atoms with Crippen LogP contribution in [0.2, 0.25) is 0 Å². The van der Waals surface area contributed by atoms with E-state index in [-0.39, 0.29) is 0 Å². The molecule has 55 heavy (non-hydrogen) atoms. The molecule has 11 aromatic rings. The average molecular weight is 702 g/mol. The smallest absolute Gasteiger partial charge is 0.164 e. The monoisotopic (exact) mass is 701 g/mol. The van der Waals surface area contributed by atoms with Crippen LogP contribution in [0.1, 0.15) is 0 Å². The first-order valence-corrected chi connectivity index (χ1v) is 18.5. The van der Waals surface area contributed by atoms with E-state index in [0.29, 0.717) is 17.5 Å². The van der Waals surface area contributed by atoms with Crippen molar-refractivity contribution in [2.75, 3.05) is 0 Å².